The van der Waals surface area contributed by atoms with Crippen LogP contribution in [0.5, 0.6) is 0 Å². The number of H-pyrrole nitrogens is 1. The van der Waals surface area contributed by atoms with Gasteiger partial charge in [-0.2, -0.15) is 10.6 Å². The lowest BCUT2D eigenvalue weighted by Gasteiger charge is -2.45. The first-order valence-corrected chi connectivity index (χ1v) is 15.5. The molecule has 1 saturated carbocycles. The number of aromatic amines is 1. The maximum absolute atomic E-state index is 11.7. The Morgan fingerprint density at radius 1 is 1.15 bits per heavy atom. The normalized spacial score (nSPS) is 24.2. The SMILES string of the molecule is CC1CCC(Cn2c(N3CCS(O)(O)CC3C)nc3cc(-c4noc(=O)[nH]4)nc(-c4cncc(Cl)c4)c32)CC1. The van der Waals surface area contributed by atoms with E-state index in [9.17, 15) is 13.9 Å². The van der Waals surface area contributed by atoms with Crippen molar-refractivity contribution < 1.29 is 13.6 Å². The molecule has 0 amide bonds. The lowest BCUT2D eigenvalue weighted by atomic mass is 9.83. The van der Waals surface area contributed by atoms with E-state index in [0.717, 1.165) is 36.8 Å². The quantitative estimate of drug-likeness (QED) is 0.290. The average Bonchev–Trinajstić information content (AvgIpc) is 3.48. The Morgan fingerprint density at radius 3 is 2.64 bits per heavy atom. The maximum Gasteiger partial charge on any atom is 0.439 e. The standard InChI is InChI=1S/C26H32ClN7O4S/c1-15-3-5-17(6-4-15)13-34-23-20(30-25(34)33-7-8-39(36,37)14-16(33)2)10-21(24-31-26(35)38-32-24)29-22(23)18-9-19(27)12-28-11-18/h9-12,15-17,36-37H,3-8,13-14H2,1-2H3,(H,31,32,35). The molecule has 2 fully saturated rings. The van der Waals surface area contributed by atoms with Crippen molar-refractivity contribution >= 4 is 39.2 Å². The number of pyridine rings is 2. The molecule has 0 bridgehead atoms. The first kappa shape index (κ1) is 26.3. The maximum atomic E-state index is 11.7. The Hall–Kier alpha value is -2.93. The molecule has 1 saturated heterocycles. The fraction of sp³-hybridized carbons (Fsp3) is 0.500. The van der Waals surface area contributed by atoms with E-state index in [0.29, 0.717) is 51.5 Å². The van der Waals surface area contributed by atoms with Crippen LogP contribution < -0.4 is 10.7 Å². The summed E-state index contributed by atoms with van der Waals surface area (Å²) < 4.78 is 27.8. The van der Waals surface area contributed by atoms with Crippen LogP contribution in [0.2, 0.25) is 5.02 Å². The molecule has 0 spiro atoms. The Kier molecular flexibility index (Phi) is 6.90. The lowest BCUT2D eigenvalue weighted by molar-refractivity contribution is 0.266. The van der Waals surface area contributed by atoms with E-state index in [4.69, 9.17) is 26.1 Å². The highest BCUT2D eigenvalue weighted by molar-refractivity contribution is 8.24. The molecule has 1 unspecified atom stereocenters. The summed E-state index contributed by atoms with van der Waals surface area (Å²) >= 11 is 6.35. The number of hydrogen-bond acceptors (Lipinski definition) is 9. The molecule has 1 aliphatic carbocycles. The van der Waals surface area contributed by atoms with Gasteiger partial charge in [-0.1, -0.05) is 36.5 Å². The van der Waals surface area contributed by atoms with E-state index < -0.39 is 16.3 Å². The van der Waals surface area contributed by atoms with Crippen LogP contribution in [0.1, 0.15) is 39.5 Å². The number of fused-ring (bicyclic) bond motifs is 1. The number of aromatic nitrogens is 6. The van der Waals surface area contributed by atoms with Crippen LogP contribution in [0.15, 0.2) is 33.8 Å². The topological polar surface area (TPSA) is 146 Å². The first-order valence-electron chi connectivity index (χ1n) is 13.3. The van der Waals surface area contributed by atoms with E-state index in [2.05, 4.69) is 31.5 Å². The number of rotatable bonds is 5. The van der Waals surface area contributed by atoms with E-state index >= 15 is 0 Å². The third-order valence-corrected chi connectivity index (χ3v) is 9.96. The zero-order chi connectivity index (χ0) is 27.3. The zero-order valence-corrected chi connectivity index (χ0v) is 23.5. The van der Waals surface area contributed by atoms with E-state index in [1.807, 2.05) is 13.0 Å². The summed E-state index contributed by atoms with van der Waals surface area (Å²) in [6.07, 6.45) is 7.94. The first-order chi connectivity index (χ1) is 18.7. The van der Waals surface area contributed by atoms with E-state index in [1.165, 1.54) is 12.8 Å². The number of hydrogen-bond donors (Lipinski definition) is 3. The van der Waals surface area contributed by atoms with Crippen molar-refractivity contribution in [2.45, 2.75) is 52.1 Å². The van der Waals surface area contributed by atoms with E-state index in [-0.39, 0.29) is 11.9 Å². The molecule has 39 heavy (non-hydrogen) atoms. The van der Waals surface area contributed by atoms with Crippen LogP contribution in [0.4, 0.5) is 5.95 Å². The largest absolute Gasteiger partial charge is 0.439 e. The molecule has 4 aromatic heterocycles. The highest BCUT2D eigenvalue weighted by atomic mass is 35.5. The second-order valence-electron chi connectivity index (χ2n) is 10.9. The molecule has 1 aliphatic heterocycles. The molecule has 1 atom stereocenters. The van der Waals surface area contributed by atoms with Crippen molar-refractivity contribution in [2.75, 3.05) is 23.0 Å². The van der Waals surface area contributed by atoms with Crippen LogP contribution >= 0.6 is 22.2 Å². The van der Waals surface area contributed by atoms with Crippen molar-refractivity contribution in [3.63, 3.8) is 0 Å². The van der Waals surface area contributed by atoms with Gasteiger partial charge in [-0.15, -0.1) is 0 Å². The second-order valence-corrected chi connectivity index (χ2v) is 13.7. The van der Waals surface area contributed by atoms with Gasteiger partial charge in [0.2, 0.25) is 11.8 Å². The average molecular weight is 574 g/mol. The van der Waals surface area contributed by atoms with Gasteiger partial charge in [0.1, 0.15) is 5.69 Å². The molecule has 11 nitrogen and oxygen atoms in total. The molecule has 2 aliphatic rings. The molecule has 0 radical (unpaired) electrons. The van der Waals surface area contributed by atoms with Gasteiger partial charge in [0.05, 0.1) is 33.3 Å². The summed E-state index contributed by atoms with van der Waals surface area (Å²) in [7, 11) is -2.61. The number of nitrogens with one attached hydrogen (secondary N) is 1. The van der Waals surface area contributed by atoms with Gasteiger partial charge >= 0.3 is 5.76 Å². The summed E-state index contributed by atoms with van der Waals surface area (Å²) in [6.45, 7) is 5.57. The van der Waals surface area contributed by atoms with Gasteiger partial charge < -0.3 is 9.47 Å². The van der Waals surface area contributed by atoms with Crippen LogP contribution in [-0.2, 0) is 6.54 Å². The summed E-state index contributed by atoms with van der Waals surface area (Å²) in [5.74, 6) is 2.12. The Morgan fingerprint density at radius 2 is 1.95 bits per heavy atom. The molecular weight excluding hydrogens is 542 g/mol. The molecule has 0 aromatic carbocycles. The summed E-state index contributed by atoms with van der Waals surface area (Å²) in [5, 5.41) is 4.32. The van der Waals surface area contributed by atoms with Crippen LogP contribution in [-0.4, -0.2) is 62.9 Å². The lowest BCUT2D eigenvalue weighted by Crippen LogP contribution is -2.46. The summed E-state index contributed by atoms with van der Waals surface area (Å²) in [5.41, 5.74) is 3.27. The number of anilines is 1. The van der Waals surface area contributed by atoms with E-state index in [1.54, 1.807) is 18.5 Å². The van der Waals surface area contributed by atoms with Crippen LogP contribution in [0.25, 0.3) is 33.8 Å². The second kappa shape index (κ2) is 10.2. The van der Waals surface area contributed by atoms with Crippen molar-refractivity contribution in [3.8, 4) is 22.8 Å². The molecule has 5 heterocycles. The van der Waals surface area contributed by atoms with Gasteiger partial charge in [0, 0.05) is 37.1 Å². The van der Waals surface area contributed by atoms with Gasteiger partial charge in [-0.25, -0.2) is 14.8 Å². The smallest absolute Gasteiger partial charge is 0.336 e. The van der Waals surface area contributed by atoms with Crippen molar-refractivity contribution in [1.29, 1.82) is 0 Å². The highest BCUT2D eigenvalue weighted by Gasteiger charge is 2.33. The van der Waals surface area contributed by atoms with Crippen molar-refractivity contribution in [3.05, 3.63) is 40.1 Å². The molecule has 208 valence electrons. The van der Waals surface area contributed by atoms with Crippen LogP contribution in [0, 0.1) is 11.8 Å². The Bertz CT molecular complexity index is 1560. The Labute approximate surface area is 232 Å². The fourth-order valence-corrected chi connectivity index (χ4v) is 7.61. The molecule has 4 aromatic rings. The number of nitrogens with zero attached hydrogens (tertiary/aromatic N) is 6. The van der Waals surface area contributed by atoms with Gasteiger partial charge in [0.25, 0.3) is 0 Å². The highest BCUT2D eigenvalue weighted by Crippen LogP contribution is 2.45. The minimum atomic E-state index is -2.61. The summed E-state index contributed by atoms with van der Waals surface area (Å²) in [4.78, 5) is 30.8. The predicted octanol–water partition coefficient (Wildman–Crippen LogP) is 5.28. The molecular formula is C26H32ClN7O4S. The zero-order valence-electron chi connectivity index (χ0n) is 21.9. The number of imidazole rings is 1. The van der Waals surface area contributed by atoms with Gasteiger partial charge in [0.15, 0.2) is 0 Å². The predicted molar refractivity (Wildman–Crippen MR) is 152 cm³/mol. The van der Waals surface area contributed by atoms with Gasteiger partial charge in [-0.3, -0.25) is 23.6 Å². The third-order valence-electron chi connectivity index (χ3n) is 7.90. The molecule has 13 heteroatoms. The number of halogens is 1. The van der Waals surface area contributed by atoms with Crippen molar-refractivity contribution in [1.82, 2.24) is 29.7 Å². The minimum absolute atomic E-state index is 0.110. The third kappa shape index (κ3) is 5.30. The molecule has 6 rings (SSSR count). The van der Waals surface area contributed by atoms with Crippen LogP contribution in [0.3, 0.4) is 0 Å². The summed E-state index contributed by atoms with van der Waals surface area (Å²) in [6, 6.07) is 3.50. The fourth-order valence-electron chi connectivity index (χ4n) is 5.83. The monoisotopic (exact) mass is 573 g/mol. The minimum Gasteiger partial charge on any atom is -0.336 e. The van der Waals surface area contributed by atoms with Gasteiger partial charge in [-0.05, 0) is 43.7 Å². The Balaban J connectivity index is 1.56. The molecule has 3 N–H and O–H groups in total. The van der Waals surface area contributed by atoms with Crippen molar-refractivity contribution in [2.24, 2.45) is 11.8 Å².